The van der Waals surface area contributed by atoms with Crippen molar-refractivity contribution in [3.63, 3.8) is 0 Å². The first-order valence-corrected chi connectivity index (χ1v) is 7.26. The highest BCUT2D eigenvalue weighted by Gasteiger charge is 2.08. The minimum atomic E-state index is -0.182. The van der Waals surface area contributed by atoms with Crippen LogP contribution >= 0.6 is 0 Å². The summed E-state index contributed by atoms with van der Waals surface area (Å²) in [6.07, 6.45) is 1.09. The fourth-order valence-corrected chi connectivity index (χ4v) is 1.86. The summed E-state index contributed by atoms with van der Waals surface area (Å²) in [6.45, 7) is 5.58. The number of nitrogens with zero attached hydrogens (tertiary/aromatic N) is 1. The molecule has 114 valence electrons. The third kappa shape index (κ3) is 5.99. The zero-order chi connectivity index (χ0) is 15.7. The Labute approximate surface area is 127 Å². The molecule has 1 rings (SSSR count). The van der Waals surface area contributed by atoms with Crippen LogP contribution in [0.5, 0.6) is 0 Å². The van der Waals surface area contributed by atoms with E-state index < -0.39 is 0 Å². The molecule has 1 aromatic rings. The molecule has 1 unspecified atom stereocenters. The van der Waals surface area contributed by atoms with Gasteiger partial charge in [-0.25, -0.2) is 0 Å². The van der Waals surface area contributed by atoms with Crippen LogP contribution in [0.15, 0.2) is 24.3 Å². The van der Waals surface area contributed by atoms with Crippen molar-refractivity contribution in [1.29, 1.82) is 0 Å². The Morgan fingerprint density at radius 3 is 2.90 bits per heavy atom. The molecule has 4 nitrogen and oxygen atoms in total. The molecule has 0 saturated heterocycles. The lowest BCUT2D eigenvalue weighted by molar-refractivity contribution is 0.0947. The lowest BCUT2D eigenvalue weighted by Crippen LogP contribution is -2.37. The first-order valence-electron chi connectivity index (χ1n) is 7.26. The van der Waals surface area contributed by atoms with Crippen LogP contribution in [-0.2, 0) is 0 Å². The average Bonchev–Trinajstić information content (AvgIpc) is 2.52. The van der Waals surface area contributed by atoms with Crippen LogP contribution < -0.4 is 5.32 Å². The fourth-order valence-electron chi connectivity index (χ4n) is 1.86. The van der Waals surface area contributed by atoms with E-state index in [1.165, 1.54) is 0 Å². The maximum atomic E-state index is 12.1. The molecule has 0 spiro atoms. The number of benzene rings is 1. The van der Waals surface area contributed by atoms with E-state index in [0.717, 1.165) is 18.5 Å². The topological polar surface area (TPSA) is 52.6 Å². The minimum absolute atomic E-state index is 0.0970. The Morgan fingerprint density at radius 1 is 1.48 bits per heavy atom. The van der Waals surface area contributed by atoms with Crippen molar-refractivity contribution in [3.8, 4) is 11.8 Å². The monoisotopic (exact) mass is 288 g/mol. The number of likely N-dealkylation sites (N-methyl/N-ethyl adjacent to an activating group) is 1. The fraction of sp³-hybridized carbons (Fsp3) is 0.471. The molecule has 0 heterocycles. The molecule has 0 radical (unpaired) electrons. The first-order chi connectivity index (χ1) is 10.1. The Morgan fingerprint density at radius 2 is 2.24 bits per heavy atom. The normalized spacial score (nSPS) is 11.7. The van der Waals surface area contributed by atoms with Gasteiger partial charge in [-0.1, -0.05) is 24.8 Å². The summed E-state index contributed by atoms with van der Waals surface area (Å²) in [5, 5.41) is 11.6. The highest BCUT2D eigenvalue weighted by molar-refractivity contribution is 5.94. The minimum Gasteiger partial charge on any atom is -0.384 e. The lowest BCUT2D eigenvalue weighted by atomic mass is 10.1. The Hall–Kier alpha value is -1.83. The molecule has 0 aromatic heterocycles. The van der Waals surface area contributed by atoms with Gasteiger partial charge in [0.25, 0.3) is 5.91 Å². The van der Waals surface area contributed by atoms with Gasteiger partial charge in [0.2, 0.25) is 0 Å². The molecule has 1 aromatic carbocycles. The van der Waals surface area contributed by atoms with Crippen molar-refractivity contribution >= 4 is 5.91 Å². The molecule has 0 saturated carbocycles. The second-order valence-corrected chi connectivity index (χ2v) is 5.03. The number of aliphatic hydroxyl groups excluding tert-OH is 1. The number of amides is 1. The molecule has 0 aliphatic rings. The van der Waals surface area contributed by atoms with Crippen LogP contribution in [0.4, 0.5) is 0 Å². The van der Waals surface area contributed by atoms with E-state index >= 15 is 0 Å². The van der Waals surface area contributed by atoms with Gasteiger partial charge < -0.3 is 15.3 Å². The molecular formula is C17H24N2O2. The molecule has 0 aliphatic heterocycles. The van der Waals surface area contributed by atoms with Gasteiger partial charge in [0.05, 0.1) is 0 Å². The van der Waals surface area contributed by atoms with Crippen molar-refractivity contribution in [1.82, 2.24) is 10.2 Å². The quantitative estimate of drug-likeness (QED) is 0.780. The number of nitrogens with one attached hydrogen (secondary N) is 1. The standard InChI is InChI=1S/C17H24N2O2/c1-4-14(2)19(3)11-10-18-17(21)16-9-5-7-15(13-16)8-6-12-20/h5,7,9,13-14,20H,4,10-12H2,1-3H3,(H,18,21). The second kappa shape index (κ2) is 9.17. The van der Waals surface area contributed by atoms with Gasteiger partial charge >= 0.3 is 0 Å². The summed E-state index contributed by atoms with van der Waals surface area (Å²) < 4.78 is 0. The molecule has 0 fully saturated rings. The van der Waals surface area contributed by atoms with Crippen molar-refractivity contribution in [2.24, 2.45) is 0 Å². The zero-order valence-corrected chi connectivity index (χ0v) is 13.0. The Kier molecular flexibility index (Phi) is 7.52. The molecule has 2 N–H and O–H groups in total. The molecule has 4 heteroatoms. The van der Waals surface area contributed by atoms with Crippen molar-refractivity contribution in [2.75, 3.05) is 26.7 Å². The van der Waals surface area contributed by atoms with Crippen molar-refractivity contribution < 1.29 is 9.90 Å². The third-order valence-electron chi connectivity index (χ3n) is 3.53. The summed E-state index contributed by atoms with van der Waals surface area (Å²) in [7, 11) is 2.06. The molecular weight excluding hydrogens is 264 g/mol. The van der Waals surface area contributed by atoms with E-state index in [2.05, 4.69) is 43.0 Å². The molecule has 1 amide bonds. The van der Waals surface area contributed by atoms with Crippen LogP contribution in [0.1, 0.15) is 36.2 Å². The van der Waals surface area contributed by atoms with Crippen LogP contribution in [0.3, 0.4) is 0 Å². The zero-order valence-electron chi connectivity index (χ0n) is 13.0. The van der Waals surface area contributed by atoms with E-state index in [4.69, 9.17) is 5.11 Å². The van der Waals surface area contributed by atoms with Gasteiger partial charge in [0, 0.05) is 30.3 Å². The molecule has 0 bridgehead atoms. The maximum Gasteiger partial charge on any atom is 0.251 e. The van der Waals surface area contributed by atoms with Gasteiger partial charge in [-0.3, -0.25) is 4.79 Å². The van der Waals surface area contributed by atoms with E-state index in [9.17, 15) is 4.79 Å². The largest absolute Gasteiger partial charge is 0.384 e. The summed E-state index contributed by atoms with van der Waals surface area (Å²) in [6, 6.07) is 7.62. The van der Waals surface area contributed by atoms with Gasteiger partial charge in [-0.05, 0) is 38.6 Å². The van der Waals surface area contributed by atoms with Gasteiger partial charge in [0.15, 0.2) is 0 Å². The highest BCUT2D eigenvalue weighted by atomic mass is 16.2. The Bertz CT molecular complexity index is 517. The smallest absolute Gasteiger partial charge is 0.251 e. The van der Waals surface area contributed by atoms with Crippen molar-refractivity contribution in [2.45, 2.75) is 26.3 Å². The molecule has 21 heavy (non-hydrogen) atoms. The van der Waals surface area contributed by atoms with E-state index in [0.29, 0.717) is 18.2 Å². The van der Waals surface area contributed by atoms with Crippen molar-refractivity contribution in [3.05, 3.63) is 35.4 Å². The number of carbonyl (C=O) groups excluding carboxylic acids is 1. The van der Waals surface area contributed by atoms with Crippen LogP contribution in [0, 0.1) is 11.8 Å². The van der Waals surface area contributed by atoms with Crippen LogP contribution in [0.2, 0.25) is 0 Å². The third-order valence-corrected chi connectivity index (χ3v) is 3.53. The number of hydrogen-bond acceptors (Lipinski definition) is 3. The highest BCUT2D eigenvalue weighted by Crippen LogP contribution is 2.04. The van der Waals surface area contributed by atoms with Crippen LogP contribution in [0.25, 0.3) is 0 Å². The first kappa shape index (κ1) is 17.2. The Balaban J connectivity index is 2.52. The number of carbonyl (C=O) groups is 1. The van der Waals surface area contributed by atoms with Gasteiger partial charge in [-0.15, -0.1) is 0 Å². The molecule has 1 atom stereocenters. The van der Waals surface area contributed by atoms with Gasteiger partial charge in [0.1, 0.15) is 6.61 Å². The summed E-state index contributed by atoms with van der Waals surface area (Å²) in [4.78, 5) is 14.3. The summed E-state index contributed by atoms with van der Waals surface area (Å²) in [5.74, 6) is 5.28. The van der Waals surface area contributed by atoms with E-state index in [-0.39, 0.29) is 12.5 Å². The SMILES string of the molecule is CCC(C)N(C)CCNC(=O)c1cccc(C#CCO)c1. The predicted octanol–water partition coefficient (Wildman–Crippen LogP) is 1.49. The molecule has 0 aliphatic carbocycles. The van der Waals surface area contributed by atoms with E-state index in [1.54, 1.807) is 18.2 Å². The summed E-state index contributed by atoms with van der Waals surface area (Å²) >= 11 is 0. The average molecular weight is 288 g/mol. The van der Waals surface area contributed by atoms with E-state index in [1.807, 2.05) is 6.07 Å². The number of aliphatic hydroxyl groups is 1. The summed E-state index contributed by atoms with van der Waals surface area (Å²) in [5.41, 5.74) is 1.32. The van der Waals surface area contributed by atoms with Crippen LogP contribution in [-0.4, -0.2) is 48.7 Å². The number of hydrogen-bond donors (Lipinski definition) is 2. The lowest BCUT2D eigenvalue weighted by Gasteiger charge is -2.23. The predicted molar refractivity (Wildman–Crippen MR) is 85.1 cm³/mol. The maximum absolute atomic E-state index is 12.1. The second-order valence-electron chi connectivity index (χ2n) is 5.03. The number of rotatable bonds is 6. The van der Waals surface area contributed by atoms with Gasteiger partial charge in [-0.2, -0.15) is 0 Å².